The Kier molecular flexibility index (Phi) is 4.59. The molecule has 0 saturated heterocycles. The average Bonchev–Trinajstić information content (AvgIpc) is 3.58. The Morgan fingerprint density at radius 3 is 2.08 bits per heavy atom. The van der Waals surface area contributed by atoms with Gasteiger partial charge in [-0.3, -0.25) is 0 Å². The summed E-state index contributed by atoms with van der Waals surface area (Å²) < 4.78 is 9.35. The number of hydrogen-bond donors (Lipinski definition) is 0. The highest BCUT2D eigenvalue weighted by molar-refractivity contribution is 6.33. The normalized spacial score (nSPS) is 17.6. The van der Waals surface area contributed by atoms with E-state index < -0.39 is 0 Å². The molecule has 0 fully saturated rings. The molecule has 0 radical (unpaired) electrons. The van der Waals surface area contributed by atoms with Crippen molar-refractivity contribution in [1.82, 2.24) is 4.57 Å². The second-order valence-electron chi connectivity index (χ2n) is 11.1. The fourth-order valence-electron chi connectivity index (χ4n) is 7.12. The number of aromatic nitrogens is 1. The number of nitrogens with zero attached hydrogens (tertiary/aromatic N) is 1. The topological polar surface area (TPSA) is 18.1 Å². The number of fused-ring (bicyclic) bond motifs is 12. The molecule has 2 aliphatic carbocycles. The summed E-state index contributed by atoms with van der Waals surface area (Å²) in [6, 6.07) is 30.7. The van der Waals surface area contributed by atoms with Crippen LogP contribution in [0, 0.1) is 5.92 Å². The molecular weight excluding hydrogens is 486 g/mol. The zero-order chi connectivity index (χ0) is 26.2. The smallest absolute Gasteiger partial charge is 0.145 e. The number of para-hydroxylation sites is 1. The quantitative estimate of drug-likeness (QED) is 0.210. The Morgan fingerprint density at radius 2 is 1.30 bits per heavy atom. The summed E-state index contributed by atoms with van der Waals surface area (Å²) in [5.74, 6) is 0.456. The molecule has 1 unspecified atom stereocenters. The molecular formula is C38H27NO. The van der Waals surface area contributed by atoms with Crippen LogP contribution in [0.2, 0.25) is 0 Å². The lowest BCUT2D eigenvalue weighted by Crippen LogP contribution is -2.06. The van der Waals surface area contributed by atoms with Crippen molar-refractivity contribution < 1.29 is 4.42 Å². The van der Waals surface area contributed by atoms with E-state index in [9.17, 15) is 0 Å². The van der Waals surface area contributed by atoms with Crippen molar-refractivity contribution in [2.45, 2.75) is 19.3 Å². The van der Waals surface area contributed by atoms with Crippen LogP contribution < -0.4 is 0 Å². The van der Waals surface area contributed by atoms with E-state index in [2.05, 4.69) is 126 Å². The summed E-state index contributed by atoms with van der Waals surface area (Å²) in [5, 5.41) is 9.71. The van der Waals surface area contributed by atoms with Crippen LogP contribution in [0.5, 0.6) is 0 Å². The molecule has 0 amide bonds. The average molecular weight is 514 g/mol. The van der Waals surface area contributed by atoms with Gasteiger partial charge in [0.25, 0.3) is 0 Å². The lowest BCUT2D eigenvalue weighted by molar-refractivity contribution is 0.677. The largest absolute Gasteiger partial charge is 0.455 e. The molecule has 2 heterocycles. The highest BCUT2D eigenvalue weighted by Crippen LogP contribution is 2.45. The van der Waals surface area contributed by atoms with Crippen molar-refractivity contribution in [3.63, 3.8) is 0 Å². The molecule has 5 aromatic carbocycles. The predicted octanol–water partition coefficient (Wildman–Crippen LogP) is 10.7. The summed E-state index contributed by atoms with van der Waals surface area (Å²) in [6.07, 6.45) is 17.4. The van der Waals surface area contributed by atoms with Gasteiger partial charge >= 0.3 is 0 Å². The third kappa shape index (κ3) is 2.99. The lowest BCUT2D eigenvalue weighted by Gasteiger charge is -2.20. The van der Waals surface area contributed by atoms with Crippen molar-refractivity contribution in [3.05, 3.63) is 127 Å². The molecule has 0 spiro atoms. The second-order valence-corrected chi connectivity index (χ2v) is 11.1. The van der Waals surface area contributed by atoms with Gasteiger partial charge in [-0.15, -0.1) is 0 Å². The number of allylic oxidation sites excluding steroid dienone is 8. The van der Waals surface area contributed by atoms with E-state index in [1.54, 1.807) is 0 Å². The molecule has 7 aromatic rings. The first-order chi connectivity index (χ1) is 19.9. The zero-order valence-electron chi connectivity index (χ0n) is 22.1. The highest BCUT2D eigenvalue weighted by atomic mass is 16.3. The Hall–Kier alpha value is -4.82. The standard InChI is InChI=1S/C38H27NO/c1-2-10-24(11-3-1)25-18-20-26(21-19-25)39-33-17-9-8-16-31(33)36-34(39)23-22-32-35-29-14-6-4-12-27(29)28-13-5-7-15-30(28)37(35)40-38(32)36/h2,4-18,20-23,25H,1,3,19H2. The maximum atomic E-state index is 6.93. The van der Waals surface area contributed by atoms with E-state index in [0.29, 0.717) is 5.92 Å². The molecule has 2 aliphatic rings. The Morgan fingerprint density at radius 1 is 0.575 bits per heavy atom. The van der Waals surface area contributed by atoms with Crippen molar-refractivity contribution in [1.29, 1.82) is 0 Å². The first-order valence-corrected chi connectivity index (χ1v) is 14.3. The van der Waals surface area contributed by atoms with Gasteiger partial charge < -0.3 is 8.98 Å². The minimum absolute atomic E-state index is 0.456. The summed E-state index contributed by atoms with van der Waals surface area (Å²) in [5.41, 5.74) is 7.03. The maximum Gasteiger partial charge on any atom is 0.145 e. The lowest BCUT2D eigenvalue weighted by atomic mass is 9.88. The van der Waals surface area contributed by atoms with Crippen LogP contribution in [0.3, 0.4) is 0 Å². The van der Waals surface area contributed by atoms with Crippen LogP contribution in [0.1, 0.15) is 19.3 Å². The molecule has 2 aromatic heterocycles. The van der Waals surface area contributed by atoms with Crippen LogP contribution in [-0.4, -0.2) is 4.57 Å². The molecule has 0 aliphatic heterocycles. The number of hydrogen-bond acceptors (Lipinski definition) is 1. The van der Waals surface area contributed by atoms with Gasteiger partial charge in [-0.25, -0.2) is 0 Å². The van der Waals surface area contributed by atoms with E-state index in [1.165, 1.54) is 65.4 Å². The maximum absolute atomic E-state index is 6.93. The predicted molar refractivity (Wildman–Crippen MR) is 170 cm³/mol. The summed E-state index contributed by atoms with van der Waals surface area (Å²) in [7, 11) is 0. The van der Waals surface area contributed by atoms with Gasteiger partial charge in [0.15, 0.2) is 0 Å². The molecule has 0 N–H and O–H groups in total. The monoisotopic (exact) mass is 513 g/mol. The minimum atomic E-state index is 0.456. The molecule has 1 atom stereocenters. The van der Waals surface area contributed by atoms with Crippen molar-refractivity contribution >= 4 is 71.0 Å². The van der Waals surface area contributed by atoms with E-state index in [-0.39, 0.29) is 0 Å². The van der Waals surface area contributed by atoms with Crippen LogP contribution >= 0.6 is 0 Å². The van der Waals surface area contributed by atoms with E-state index in [1.807, 2.05) is 0 Å². The minimum Gasteiger partial charge on any atom is -0.455 e. The van der Waals surface area contributed by atoms with Gasteiger partial charge in [0.05, 0.1) is 16.4 Å². The first-order valence-electron chi connectivity index (χ1n) is 14.3. The molecule has 2 heteroatoms. The van der Waals surface area contributed by atoms with E-state index in [4.69, 9.17) is 4.42 Å². The third-order valence-electron chi connectivity index (χ3n) is 8.94. The van der Waals surface area contributed by atoms with Crippen LogP contribution in [0.4, 0.5) is 0 Å². The van der Waals surface area contributed by atoms with E-state index >= 15 is 0 Å². The molecule has 40 heavy (non-hydrogen) atoms. The summed E-state index contributed by atoms with van der Waals surface area (Å²) >= 11 is 0. The highest BCUT2D eigenvalue weighted by Gasteiger charge is 2.22. The first kappa shape index (κ1) is 22.0. The van der Waals surface area contributed by atoms with Gasteiger partial charge in [-0.2, -0.15) is 0 Å². The van der Waals surface area contributed by atoms with Crippen LogP contribution in [0.25, 0.3) is 71.0 Å². The fraction of sp³-hybridized carbons (Fsp3) is 0.105. The van der Waals surface area contributed by atoms with Crippen LogP contribution in [0.15, 0.2) is 131 Å². The molecule has 0 saturated carbocycles. The Bertz CT molecular complexity index is 2300. The van der Waals surface area contributed by atoms with Gasteiger partial charge in [-0.05, 0) is 65.3 Å². The van der Waals surface area contributed by atoms with Gasteiger partial charge in [0.2, 0.25) is 0 Å². The molecule has 190 valence electrons. The Labute approximate surface area is 231 Å². The molecule has 2 nitrogen and oxygen atoms in total. The van der Waals surface area contributed by atoms with Crippen molar-refractivity contribution in [3.8, 4) is 0 Å². The number of rotatable bonds is 2. The van der Waals surface area contributed by atoms with Gasteiger partial charge in [0.1, 0.15) is 11.2 Å². The van der Waals surface area contributed by atoms with Gasteiger partial charge in [-0.1, -0.05) is 97.1 Å². The fourth-order valence-corrected chi connectivity index (χ4v) is 7.12. The number of benzene rings is 5. The van der Waals surface area contributed by atoms with Crippen molar-refractivity contribution in [2.75, 3.05) is 0 Å². The zero-order valence-corrected chi connectivity index (χ0v) is 22.1. The summed E-state index contributed by atoms with van der Waals surface area (Å²) in [6.45, 7) is 0. The van der Waals surface area contributed by atoms with Crippen LogP contribution in [-0.2, 0) is 0 Å². The van der Waals surface area contributed by atoms with Crippen molar-refractivity contribution in [2.24, 2.45) is 5.92 Å². The number of furan rings is 1. The second kappa shape index (κ2) is 8.34. The van der Waals surface area contributed by atoms with E-state index in [0.717, 1.165) is 30.4 Å². The SMILES string of the molecule is C1=CC(C2C=CC(n3c4ccccc4c4c5oc6c7ccccc7c7ccccc7c6c5ccc43)=CC2)=CCC1. The summed E-state index contributed by atoms with van der Waals surface area (Å²) in [4.78, 5) is 0. The molecule has 9 rings (SSSR count). The molecule has 0 bridgehead atoms. The Balaban J connectivity index is 1.34. The third-order valence-corrected chi connectivity index (χ3v) is 8.94. The van der Waals surface area contributed by atoms with Gasteiger partial charge in [0, 0.05) is 33.2 Å².